The van der Waals surface area contributed by atoms with Gasteiger partial charge >= 0.3 is 0 Å². The van der Waals surface area contributed by atoms with E-state index < -0.39 is 0 Å². The van der Waals surface area contributed by atoms with Gasteiger partial charge in [-0.2, -0.15) is 0 Å². The number of carbonyl (C=O) groups is 1. The number of rotatable bonds is 3. The van der Waals surface area contributed by atoms with Crippen LogP contribution in [0.1, 0.15) is 31.4 Å². The van der Waals surface area contributed by atoms with E-state index in [2.05, 4.69) is 19.1 Å². The van der Waals surface area contributed by atoms with E-state index in [9.17, 15) is 4.79 Å². The van der Waals surface area contributed by atoms with Gasteiger partial charge in [-0.25, -0.2) is 0 Å². The number of benzene rings is 1. The first-order valence-corrected chi connectivity index (χ1v) is 5.46. The van der Waals surface area contributed by atoms with E-state index in [1.807, 2.05) is 27.0 Å². The maximum atomic E-state index is 11.5. The highest BCUT2D eigenvalue weighted by Crippen LogP contribution is 2.20. The molecular formula is C13H19NO. The summed E-state index contributed by atoms with van der Waals surface area (Å²) in [6.45, 7) is 6.07. The van der Waals surface area contributed by atoms with Crippen LogP contribution in [0.25, 0.3) is 0 Å². The van der Waals surface area contributed by atoms with Crippen LogP contribution in [0, 0.1) is 6.92 Å². The first-order chi connectivity index (χ1) is 7.10. The summed E-state index contributed by atoms with van der Waals surface area (Å²) in [7, 11) is 1.83. The molecule has 0 fully saturated rings. The Morgan fingerprint density at radius 1 is 1.33 bits per heavy atom. The molecule has 1 amide bonds. The summed E-state index contributed by atoms with van der Waals surface area (Å²) in [5.41, 5.74) is 3.49. The molecule has 0 N–H and O–H groups in total. The van der Waals surface area contributed by atoms with Gasteiger partial charge in [0.25, 0.3) is 0 Å². The standard InChI is InChI=1S/C13H19NO/c1-5-11-7-8-12(10(3)9-11)14(4)13(15)6-2/h7-9H,5-6H2,1-4H3. The maximum Gasteiger partial charge on any atom is 0.226 e. The zero-order chi connectivity index (χ0) is 11.4. The molecule has 1 aromatic carbocycles. The van der Waals surface area contributed by atoms with Crippen LogP contribution in [-0.4, -0.2) is 13.0 Å². The number of hydrogen-bond acceptors (Lipinski definition) is 1. The molecule has 0 saturated heterocycles. The molecule has 0 aliphatic carbocycles. The van der Waals surface area contributed by atoms with Gasteiger partial charge in [0.05, 0.1) is 0 Å². The van der Waals surface area contributed by atoms with E-state index in [1.54, 1.807) is 4.90 Å². The smallest absolute Gasteiger partial charge is 0.226 e. The third kappa shape index (κ3) is 2.58. The highest BCUT2D eigenvalue weighted by Gasteiger charge is 2.10. The molecule has 0 spiro atoms. The van der Waals surface area contributed by atoms with Crippen LogP contribution in [0.15, 0.2) is 18.2 Å². The minimum absolute atomic E-state index is 0.155. The Balaban J connectivity index is 3.00. The van der Waals surface area contributed by atoms with Crippen LogP contribution < -0.4 is 4.90 Å². The Hall–Kier alpha value is -1.31. The van der Waals surface area contributed by atoms with Crippen LogP contribution in [0.5, 0.6) is 0 Å². The Kier molecular flexibility index (Phi) is 3.89. The van der Waals surface area contributed by atoms with Gasteiger partial charge in [0.1, 0.15) is 0 Å². The van der Waals surface area contributed by atoms with Gasteiger partial charge in [0.15, 0.2) is 0 Å². The Morgan fingerprint density at radius 2 is 2.00 bits per heavy atom. The lowest BCUT2D eigenvalue weighted by molar-refractivity contribution is -0.118. The molecular weight excluding hydrogens is 186 g/mol. The summed E-state index contributed by atoms with van der Waals surface area (Å²) >= 11 is 0. The Bertz CT molecular complexity index is 358. The zero-order valence-corrected chi connectivity index (χ0v) is 10.0. The van der Waals surface area contributed by atoms with Crippen molar-refractivity contribution >= 4 is 11.6 Å². The third-order valence-corrected chi connectivity index (χ3v) is 2.71. The van der Waals surface area contributed by atoms with Crippen LogP contribution in [0.3, 0.4) is 0 Å². The Morgan fingerprint density at radius 3 is 2.47 bits per heavy atom. The predicted octanol–water partition coefficient (Wildman–Crippen LogP) is 2.93. The minimum atomic E-state index is 0.155. The lowest BCUT2D eigenvalue weighted by Gasteiger charge is -2.19. The van der Waals surface area contributed by atoms with Crippen molar-refractivity contribution < 1.29 is 4.79 Å². The molecule has 2 heteroatoms. The quantitative estimate of drug-likeness (QED) is 0.743. The van der Waals surface area contributed by atoms with Crippen molar-refractivity contribution in [2.24, 2.45) is 0 Å². The fourth-order valence-electron chi connectivity index (χ4n) is 1.69. The number of hydrogen-bond donors (Lipinski definition) is 0. The second kappa shape index (κ2) is 4.96. The maximum absolute atomic E-state index is 11.5. The van der Waals surface area contributed by atoms with Crippen LogP contribution in [0.4, 0.5) is 5.69 Å². The molecule has 1 aromatic rings. The largest absolute Gasteiger partial charge is 0.315 e. The van der Waals surface area contributed by atoms with Gasteiger partial charge in [0.2, 0.25) is 5.91 Å². The lowest BCUT2D eigenvalue weighted by Crippen LogP contribution is -2.25. The summed E-state index contributed by atoms with van der Waals surface area (Å²) < 4.78 is 0. The van der Waals surface area contributed by atoms with Crippen molar-refractivity contribution in [1.82, 2.24) is 0 Å². The summed E-state index contributed by atoms with van der Waals surface area (Å²) in [6, 6.07) is 6.26. The summed E-state index contributed by atoms with van der Waals surface area (Å²) in [4.78, 5) is 13.3. The van der Waals surface area contributed by atoms with Crippen LogP contribution >= 0.6 is 0 Å². The van der Waals surface area contributed by atoms with Crippen molar-refractivity contribution in [1.29, 1.82) is 0 Å². The molecule has 0 unspecified atom stereocenters. The molecule has 0 heterocycles. The average Bonchev–Trinajstić information content (AvgIpc) is 2.26. The third-order valence-electron chi connectivity index (χ3n) is 2.71. The van der Waals surface area contributed by atoms with Crippen LogP contribution in [0.2, 0.25) is 0 Å². The van der Waals surface area contributed by atoms with E-state index in [0.29, 0.717) is 6.42 Å². The molecule has 82 valence electrons. The monoisotopic (exact) mass is 205 g/mol. The van der Waals surface area contributed by atoms with Gasteiger partial charge in [-0.15, -0.1) is 0 Å². The van der Waals surface area contributed by atoms with Gasteiger partial charge in [0, 0.05) is 19.2 Å². The normalized spacial score (nSPS) is 10.1. The number of carbonyl (C=O) groups excluding carboxylic acids is 1. The van der Waals surface area contributed by atoms with E-state index in [-0.39, 0.29) is 5.91 Å². The topological polar surface area (TPSA) is 20.3 Å². The molecule has 15 heavy (non-hydrogen) atoms. The molecule has 0 atom stereocenters. The predicted molar refractivity (Wildman–Crippen MR) is 64.3 cm³/mol. The molecule has 0 saturated carbocycles. The lowest BCUT2D eigenvalue weighted by atomic mass is 10.1. The molecule has 0 aliphatic rings. The molecule has 0 aliphatic heterocycles. The van der Waals surface area contributed by atoms with Gasteiger partial charge in [-0.05, 0) is 30.5 Å². The van der Waals surface area contributed by atoms with Crippen molar-refractivity contribution in [2.45, 2.75) is 33.6 Å². The van der Waals surface area contributed by atoms with E-state index in [1.165, 1.54) is 11.1 Å². The fourth-order valence-corrected chi connectivity index (χ4v) is 1.69. The van der Waals surface area contributed by atoms with E-state index >= 15 is 0 Å². The average molecular weight is 205 g/mol. The SMILES string of the molecule is CCC(=O)N(C)c1ccc(CC)cc1C. The first-order valence-electron chi connectivity index (χ1n) is 5.46. The van der Waals surface area contributed by atoms with Crippen molar-refractivity contribution in [3.8, 4) is 0 Å². The van der Waals surface area contributed by atoms with Gasteiger partial charge in [-0.1, -0.05) is 26.0 Å². The van der Waals surface area contributed by atoms with E-state index in [0.717, 1.165) is 12.1 Å². The summed E-state index contributed by atoms with van der Waals surface area (Å²) in [5, 5.41) is 0. The molecule has 0 bridgehead atoms. The second-order valence-corrected chi connectivity index (χ2v) is 3.78. The second-order valence-electron chi connectivity index (χ2n) is 3.78. The van der Waals surface area contributed by atoms with Gasteiger partial charge in [-0.3, -0.25) is 4.79 Å². The number of nitrogens with zero attached hydrogens (tertiary/aromatic N) is 1. The highest BCUT2D eigenvalue weighted by atomic mass is 16.2. The molecule has 0 aromatic heterocycles. The zero-order valence-electron chi connectivity index (χ0n) is 10.0. The van der Waals surface area contributed by atoms with Gasteiger partial charge < -0.3 is 4.90 Å². The number of aryl methyl sites for hydroxylation is 2. The van der Waals surface area contributed by atoms with Crippen molar-refractivity contribution in [3.63, 3.8) is 0 Å². The molecule has 2 nitrogen and oxygen atoms in total. The minimum Gasteiger partial charge on any atom is -0.315 e. The van der Waals surface area contributed by atoms with Crippen molar-refractivity contribution in [2.75, 3.05) is 11.9 Å². The summed E-state index contributed by atoms with van der Waals surface area (Å²) in [5.74, 6) is 0.155. The number of amides is 1. The first kappa shape index (κ1) is 11.8. The number of anilines is 1. The van der Waals surface area contributed by atoms with Crippen molar-refractivity contribution in [3.05, 3.63) is 29.3 Å². The highest BCUT2D eigenvalue weighted by molar-refractivity contribution is 5.93. The van der Waals surface area contributed by atoms with Crippen LogP contribution in [-0.2, 0) is 11.2 Å². The molecule has 1 rings (SSSR count). The molecule has 0 radical (unpaired) electrons. The fraction of sp³-hybridized carbons (Fsp3) is 0.462. The van der Waals surface area contributed by atoms with E-state index in [4.69, 9.17) is 0 Å². The Labute approximate surface area is 91.9 Å². The summed E-state index contributed by atoms with van der Waals surface area (Å²) in [6.07, 6.45) is 1.58.